The molecule has 0 spiro atoms. The van der Waals surface area contributed by atoms with E-state index >= 15 is 0 Å². The first-order valence-electron chi connectivity index (χ1n) is 7.08. The number of carboxylic acids is 1. The van der Waals surface area contributed by atoms with Gasteiger partial charge < -0.3 is 5.11 Å². The quantitative estimate of drug-likeness (QED) is 0.820. The van der Waals surface area contributed by atoms with Gasteiger partial charge in [0.1, 0.15) is 6.04 Å². The van der Waals surface area contributed by atoms with E-state index in [9.17, 15) is 9.90 Å². The van der Waals surface area contributed by atoms with Gasteiger partial charge in [0.25, 0.3) is 0 Å². The molecule has 1 aliphatic carbocycles. The SMILES string of the molecule is CC(C)CCN1[C@H](C(=O)O)C[C@@H]2CCCC[C@@H]21. The van der Waals surface area contributed by atoms with E-state index in [2.05, 4.69) is 18.7 Å². The zero-order valence-corrected chi connectivity index (χ0v) is 11.1. The van der Waals surface area contributed by atoms with Crippen LogP contribution in [0.1, 0.15) is 52.4 Å². The molecule has 3 heteroatoms. The number of rotatable bonds is 4. The van der Waals surface area contributed by atoms with Gasteiger partial charge in [-0.15, -0.1) is 0 Å². The first-order valence-corrected chi connectivity index (χ1v) is 7.08. The summed E-state index contributed by atoms with van der Waals surface area (Å²) in [6, 6.07) is 0.352. The standard InChI is InChI=1S/C14H25NO2/c1-10(2)7-8-15-12-6-4-3-5-11(12)9-13(15)14(16)17/h10-13H,3-9H2,1-2H3,(H,16,17)/t11-,12-,13-/m0/s1. The highest BCUT2D eigenvalue weighted by molar-refractivity contribution is 5.74. The van der Waals surface area contributed by atoms with Crippen LogP contribution in [0.2, 0.25) is 0 Å². The Morgan fingerprint density at radius 1 is 1.35 bits per heavy atom. The summed E-state index contributed by atoms with van der Waals surface area (Å²) in [4.78, 5) is 13.7. The molecule has 1 saturated carbocycles. The number of carbonyl (C=O) groups is 1. The molecule has 0 aromatic carbocycles. The van der Waals surface area contributed by atoms with Crippen LogP contribution in [0.4, 0.5) is 0 Å². The van der Waals surface area contributed by atoms with Crippen molar-refractivity contribution in [2.75, 3.05) is 6.54 Å². The lowest BCUT2D eigenvalue weighted by atomic mass is 9.84. The maximum atomic E-state index is 11.4. The molecule has 1 heterocycles. The Kier molecular flexibility index (Phi) is 4.08. The van der Waals surface area contributed by atoms with Gasteiger partial charge in [-0.2, -0.15) is 0 Å². The zero-order valence-electron chi connectivity index (χ0n) is 11.1. The molecule has 0 aromatic heterocycles. The van der Waals surface area contributed by atoms with Crippen molar-refractivity contribution in [1.82, 2.24) is 4.90 Å². The number of nitrogens with zero attached hydrogens (tertiary/aromatic N) is 1. The van der Waals surface area contributed by atoms with Crippen molar-refractivity contribution in [3.63, 3.8) is 0 Å². The van der Waals surface area contributed by atoms with Crippen molar-refractivity contribution in [3.05, 3.63) is 0 Å². The summed E-state index contributed by atoms with van der Waals surface area (Å²) in [6.07, 6.45) is 7.04. The number of aliphatic carboxylic acids is 1. The Hall–Kier alpha value is -0.570. The Morgan fingerprint density at radius 2 is 2.06 bits per heavy atom. The number of likely N-dealkylation sites (tertiary alicyclic amines) is 1. The van der Waals surface area contributed by atoms with E-state index in [1.54, 1.807) is 0 Å². The Morgan fingerprint density at radius 3 is 2.71 bits per heavy atom. The number of carboxylic acid groups (broad SMARTS) is 1. The number of fused-ring (bicyclic) bond motifs is 1. The first kappa shape index (κ1) is 12.9. The maximum Gasteiger partial charge on any atom is 0.320 e. The molecule has 0 aromatic rings. The van der Waals surface area contributed by atoms with E-state index in [-0.39, 0.29) is 6.04 Å². The fraction of sp³-hybridized carbons (Fsp3) is 0.929. The van der Waals surface area contributed by atoms with Gasteiger partial charge in [0.05, 0.1) is 0 Å². The molecule has 3 nitrogen and oxygen atoms in total. The molecule has 1 saturated heterocycles. The Labute approximate surface area is 104 Å². The van der Waals surface area contributed by atoms with Gasteiger partial charge in [-0.3, -0.25) is 9.69 Å². The fourth-order valence-corrected chi connectivity index (χ4v) is 3.52. The van der Waals surface area contributed by atoms with Crippen LogP contribution in [0.15, 0.2) is 0 Å². The zero-order chi connectivity index (χ0) is 12.4. The van der Waals surface area contributed by atoms with E-state index in [4.69, 9.17) is 0 Å². The third kappa shape index (κ3) is 2.82. The molecule has 0 amide bonds. The highest BCUT2D eigenvalue weighted by Crippen LogP contribution is 2.39. The minimum atomic E-state index is -0.608. The van der Waals surface area contributed by atoms with Crippen molar-refractivity contribution in [3.8, 4) is 0 Å². The van der Waals surface area contributed by atoms with E-state index < -0.39 is 5.97 Å². The molecular weight excluding hydrogens is 214 g/mol. The van der Waals surface area contributed by atoms with Crippen LogP contribution >= 0.6 is 0 Å². The normalized spacial score (nSPS) is 33.9. The van der Waals surface area contributed by atoms with Crippen molar-refractivity contribution in [2.45, 2.75) is 64.5 Å². The molecule has 0 radical (unpaired) electrons. The Balaban J connectivity index is 2.03. The smallest absolute Gasteiger partial charge is 0.320 e. The number of hydrogen-bond donors (Lipinski definition) is 1. The van der Waals surface area contributed by atoms with Crippen LogP contribution in [0.3, 0.4) is 0 Å². The van der Waals surface area contributed by atoms with Crippen LogP contribution in [0, 0.1) is 11.8 Å². The topological polar surface area (TPSA) is 40.5 Å². The van der Waals surface area contributed by atoms with Crippen molar-refractivity contribution in [1.29, 1.82) is 0 Å². The highest BCUT2D eigenvalue weighted by Gasteiger charge is 2.44. The number of hydrogen-bond acceptors (Lipinski definition) is 2. The molecule has 1 aliphatic heterocycles. The maximum absolute atomic E-state index is 11.4. The summed E-state index contributed by atoms with van der Waals surface area (Å²) in [5.74, 6) is 0.701. The average molecular weight is 239 g/mol. The monoisotopic (exact) mass is 239 g/mol. The first-order chi connectivity index (χ1) is 8.09. The molecule has 2 aliphatic rings. The minimum absolute atomic E-state index is 0.207. The van der Waals surface area contributed by atoms with E-state index in [1.165, 1.54) is 25.7 Å². The molecule has 1 N–H and O–H groups in total. The van der Waals surface area contributed by atoms with Crippen LogP contribution in [0.5, 0.6) is 0 Å². The predicted molar refractivity (Wildman–Crippen MR) is 67.9 cm³/mol. The average Bonchev–Trinajstić information content (AvgIpc) is 2.65. The Bertz CT molecular complexity index is 277. The summed E-state index contributed by atoms with van der Waals surface area (Å²) in [6.45, 7) is 5.39. The lowest BCUT2D eigenvalue weighted by molar-refractivity contribution is -0.142. The van der Waals surface area contributed by atoms with E-state index in [1.807, 2.05) is 0 Å². The molecule has 17 heavy (non-hydrogen) atoms. The summed E-state index contributed by atoms with van der Waals surface area (Å²) < 4.78 is 0. The van der Waals surface area contributed by atoms with Gasteiger partial charge >= 0.3 is 5.97 Å². The molecular formula is C14H25NO2. The van der Waals surface area contributed by atoms with Gasteiger partial charge in [-0.25, -0.2) is 0 Å². The highest BCUT2D eigenvalue weighted by atomic mass is 16.4. The van der Waals surface area contributed by atoms with Crippen LogP contribution in [-0.2, 0) is 4.79 Å². The molecule has 2 fully saturated rings. The molecule has 3 atom stereocenters. The van der Waals surface area contributed by atoms with Crippen molar-refractivity contribution in [2.24, 2.45) is 11.8 Å². The second-order valence-electron chi connectivity index (χ2n) is 6.12. The van der Waals surface area contributed by atoms with Crippen molar-refractivity contribution >= 4 is 5.97 Å². The predicted octanol–water partition coefficient (Wildman–Crippen LogP) is 2.75. The molecule has 0 unspecified atom stereocenters. The van der Waals surface area contributed by atoms with Crippen LogP contribution in [0.25, 0.3) is 0 Å². The second-order valence-corrected chi connectivity index (χ2v) is 6.12. The van der Waals surface area contributed by atoms with Gasteiger partial charge in [0.15, 0.2) is 0 Å². The third-order valence-corrected chi connectivity index (χ3v) is 4.47. The van der Waals surface area contributed by atoms with E-state index in [0.29, 0.717) is 17.9 Å². The summed E-state index contributed by atoms with van der Waals surface area (Å²) in [7, 11) is 0. The lowest BCUT2D eigenvalue weighted by Gasteiger charge is -2.33. The molecule has 0 bridgehead atoms. The third-order valence-electron chi connectivity index (χ3n) is 4.47. The van der Waals surface area contributed by atoms with Gasteiger partial charge in [-0.05, 0) is 44.1 Å². The van der Waals surface area contributed by atoms with Crippen LogP contribution < -0.4 is 0 Å². The van der Waals surface area contributed by atoms with Gasteiger partial charge in [0.2, 0.25) is 0 Å². The largest absolute Gasteiger partial charge is 0.480 e. The second kappa shape index (κ2) is 5.38. The molecule has 98 valence electrons. The summed E-state index contributed by atoms with van der Waals surface area (Å²) in [5, 5.41) is 9.35. The minimum Gasteiger partial charge on any atom is -0.480 e. The molecule has 2 rings (SSSR count). The summed E-state index contributed by atoms with van der Waals surface area (Å²) >= 11 is 0. The van der Waals surface area contributed by atoms with Crippen LogP contribution in [-0.4, -0.2) is 34.6 Å². The van der Waals surface area contributed by atoms with E-state index in [0.717, 1.165) is 19.4 Å². The summed E-state index contributed by atoms with van der Waals surface area (Å²) in [5.41, 5.74) is 0. The van der Waals surface area contributed by atoms with Gasteiger partial charge in [0, 0.05) is 6.04 Å². The van der Waals surface area contributed by atoms with Gasteiger partial charge in [-0.1, -0.05) is 26.7 Å². The lowest BCUT2D eigenvalue weighted by Crippen LogP contribution is -2.43. The van der Waals surface area contributed by atoms with Crippen molar-refractivity contribution < 1.29 is 9.90 Å². The fourth-order valence-electron chi connectivity index (χ4n) is 3.52.